The fourth-order valence-electron chi connectivity index (χ4n) is 2.50. The third-order valence-electron chi connectivity index (χ3n) is 3.94. The molecule has 0 amide bonds. The van der Waals surface area contributed by atoms with Crippen LogP contribution in [0.4, 0.5) is 5.69 Å². The summed E-state index contributed by atoms with van der Waals surface area (Å²) in [6.07, 6.45) is 0. The number of sulfonamides is 2. The zero-order chi connectivity index (χ0) is 21.1. The van der Waals surface area contributed by atoms with Crippen LogP contribution in [-0.2, 0) is 20.0 Å². The van der Waals surface area contributed by atoms with Crippen LogP contribution in [0.1, 0.15) is 13.8 Å². The lowest BCUT2D eigenvalue weighted by atomic mass is 10.3. The molecular formula is C17H20Cl2N2O5S2. The Morgan fingerprint density at radius 3 is 2.14 bits per heavy atom. The third-order valence-corrected chi connectivity index (χ3v) is 8.15. The van der Waals surface area contributed by atoms with Crippen molar-refractivity contribution in [1.82, 2.24) is 4.31 Å². The molecule has 0 fully saturated rings. The zero-order valence-corrected chi connectivity index (χ0v) is 18.6. The molecule has 7 nitrogen and oxygen atoms in total. The van der Waals surface area contributed by atoms with Gasteiger partial charge in [-0.15, -0.1) is 0 Å². The summed E-state index contributed by atoms with van der Waals surface area (Å²) >= 11 is 12.1. The molecule has 154 valence electrons. The van der Waals surface area contributed by atoms with Crippen molar-refractivity contribution in [3.8, 4) is 5.75 Å². The molecule has 0 radical (unpaired) electrons. The Kier molecular flexibility index (Phi) is 7.22. The molecule has 0 saturated carbocycles. The van der Waals surface area contributed by atoms with Crippen molar-refractivity contribution >= 4 is 48.9 Å². The summed E-state index contributed by atoms with van der Waals surface area (Å²) in [5.41, 5.74) is 0.0575. The first kappa shape index (κ1) is 22.8. The summed E-state index contributed by atoms with van der Waals surface area (Å²) in [6, 6.07) is 7.90. The summed E-state index contributed by atoms with van der Waals surface area (Å²) in [7, 11) is -6.45. The molecule has 28 heavy (non-hydrogen) atoms. The molecule has 0 spiro atoms. The Balaban J connectivity index is 2.43. The SMILES string of the molecule is CCN(CC)S(=O)(=O)c1cc(NS(=O)(=O)c2ccc(OC)c(Cl)c2)ccc1Cl. The number of anilines is 1. The smallest absolute Gasteiger partial charge is 0.261 e. The Morgan fingerprint density at radius 1 is 0.964 bits per heavy atom. The van der Waals surface area contributed by atoms with Crippen molar-refractivity contribution in [2.45, 2.75) is 23.6 Å². The Labute approximate surface area is 175 Å². The molecule has 0 saturated heterocycles. The topological polar surface area (TPSA) is 92.8 Å². The van der Waals surface area contributed by atoms with Gasteiger partial charge in [0, 0.05) is 13.1 Å². The maximum atomic E-state index is 12.8. The summed E-state index contributed by atoms with van der Waals surface area (Å²) in [4.78, 5) is -0.271. The second-order valence-corrected chi connectivity index (χ2v) is 10.0. The van der Waals surface area contributed by atoms with Crippen molar-refractivity contribution < 1.29 is 21.6 Å². The molecule has 1 N–H and O–H groups in total. The molecule has 0 aromatic heterocycles. The monoisotopic (exact) mass is 466 g/mol. The van der Waals surface area contributed by atoms with E-state index in [1.807, 2.05) is 0 Å². The minimum atomic E-state index is -4.01. The zero-order valence-electron chi connectivity index (χ0n) is 15.4. The average Bonchev–Trinajstić information content (AvgIpc) is 2.63. The van der Waals surface area contributed by atoms with Crippen LogP contribution in [0.2, 0.25) is 10.0 Å². The van der Waals surface area contributed by atoms with E-state index in [9.17, 15) is 16.8 Å². The van der Waals surface area contributed by atoms with Gasteiger partial charge in [0.25, 0.3) is 10.0 Å². The van der Waals surface area contributed by atoms with Gasteiger partial charge in [-0.25, -0.2) is 16.8 Å². The second-order valence-electron chi connectivity index (χ2n) is 5.64. The lowest BCUT2D eigenvalue weighted by Gasteiger charge is -2.20. The number of nitrogens with zero attached hydrogens (tertiary/aromatic N) is 1. The molecule has 0 aliphatic carbocycles. The maximum Gasteiger partial charge on any atom is 0.261 e. The van der Waals surface area contributed by atoms with Crippen LogP contribution >= 0.6 is 23.2 Å². The fraction of sp³-hybridized carbons (Fsp3) is 0.294. The van der Waals surface area contributed by atoms with Crippen LogP contribution in [0, 0.1) is 0 Å². The predicted octanol–water partition coefficient (Wildman–Crippen LogP) is 3.83. The number of rotatable bonds is 8. The van der Waals surface area contributed by atoms with E-state index in [1.165, 1.54) is 47.8 Å². The first-order valence-corrected chi connectivity index (χ1v) is 11.9. The largest absolute Gasteiger partial charge is 0.495 e. The van der Waals surface area contributed by atoms with Gasteiger partial charge >= 0.3 is 0 Å². The number of nitrogens with one attached hydrogen (secondary N) is 1. The van der Waals surface area contributed by atoms with Crippen LogP contribution in [0.5, 0.6) is 5.75 Å². The molecular weight excluding hydrogens is 447 g/mol. The lowest BCUT2D eigenvalue weighted by molar-refractivity contribution is 0.414. The number of halogens is 2. The normalized spacial score (nSPS) is 12.2. The van der Waals surface area contributed by atoms with Crippen molar-refractivity contribution in [2.75, 3.05) is 24.9 Å². The Hall–Kier alpha value is -1.52. The van der Waals surface area contributed by atoms with E-state index >= 15 is 0 Å². The fourth-order valence-corrected chi connectivity index (χ4v) is 5.85. The summed E-state index contributed by atoms with van der Waals surface area (Å²) < 4.78 is 59.4. The molecule has 2 aromatic carbocycles. The standard InChI is InChI=1S/C17H20Cl2N2O5S2/c1-4-21(5-2)28(24,25)17-10-12(6-8-14(17)18)20-27(22,23)13-7-9-16(26-3)15(19)11-13/h6-11,20H,4-5H2,1-3H3. The van der Waals surface area contributed by atoms with Gasteiger partial charge in [0.2, 0.25) is 10.0 Å². The number of methoxy groups -OCH3 is 1. The molecule has 2 aromatic rings. The average molecular weight is 467 g/mol. The predicted molar refractivity (Wildman–Crippen MR) is 110 cm³/mol. The van der Waals surface area contributed by atoms with Gasteiger partial charge in [-0.3, -0.25) is 4.72 Å². The van der Waals surface area contributed by atoms with E-state index in [1.54, 1.807) is 13.8 Å². The highest BCUT2D eigenvalue weighted by molar-refractivity contribution is 7.92. The van der Waals surface area contributed by atoms with Gasteiger partial charge in [-0.05, 0) is 36.4 Å². The number of ether oxygens (including phenoxy) is 1. The highest BCUT2D eigenvalue weighted by atomic mass is 35.5. The first-order valence-electron chi connectivity index (χ1n) is 8.22. The molecule has 11 heteroatoms. The second kappa shape index (κ2) is 8.87. The molecule has 0 aliphatic rings. The summed E-state index contributed by atoms with van der Waals surface area (Å²) in [5, 5.41) is 0.133. The maximum absolute atomic E-state index is 12.8. The lowest BCUT2D eigenvalue weighted by Crippen LogP contribution is -2.30. The highest BCUT2D eigenvalue weighted by Gasteiger charge is 2.25. The molecule has 0 unspecified atom stereocenters. The highest BCUT2D eigenvalue weighted by Crippen LogP contribution is 2.30. The minimum Gasteiger partial charge on any atom is -0.495 e. The van der Waals surface area contributed by atoms with Gasteiger partial charge in [-0.1, -0.05) is 37.0 Å². The van der Waals surface area contributed by atoms with Crippen molar-refractivity contribution in [1.29, 1.82) is 0 Å². The number of hydrogen-bond donors (Lipinski definition) is 1. The quantitative estimate of drug-likeness (QED) is 0.637. The summed E-state index contributed by atoms with van der Waals surface area (Å²) in [6.45, 7) is 3.93. The van der Waals surface area contributed by atoms with Crippen LogP contribution in [0.25, 0.3) is 0 Å². The van der Waals surface area contributed by atoms with Gasteiger partial charge < -0.3 is 4.74 Å². The van der Waals surface area contributed by atoms with Crippen molar-refractivity contribution in [3.05, 3.63) is 46.4 Å². The van der Waals surface area contributed by atoms with E-state index < -0.39 is 20.0 Å². The Bertz CT molecular complexity index is 1070. The van der Waals surface area contributed by atoms with Gasteiger partial charge in [0.1, 0.15) is 10.6 Å². The van der Waals surface area contributed by atoms with E-state index in [-0.39, 0.29) is 38.6 Å². The molecule has 0 atom stereocenters. The summed E-state index contributed by atoms with van der Waals surface area (Å²) in [5.74, 6) is 0.333. The van der Waals surface area contributed by atoms with E-state index in [0.717, 1.165) is 0 Å². The van der Waals surface area contributed by atoms with E-state index in [2.05, 4.69) is 4.72 Å². The van der Waals surface area contributed by atoms with E-state index in [4.69, 9.17) is 27.9 Å². The first-order chi connectivity index (χ1) is 13.1. The van der Waals surface area contributed by atoms with E-state index in [0.29, 0.717) is 5.75 Å². The van der Waals surface area contributed by atoms with Crippen LogP contribution < -0.4 is 9.46 Å². The van der Waals surface area contributed by atoms with Gasteiger partial charge in [0.15, 0.2) is 0 Å². The molecule has 2 rings (SSSR count). The van der Waals surface area contributed by atoms with Gasteiger partial charge in [0.05, 0.1) is 27.7 Å². The number of hydrogen-bond acceptors (Lipinski definition) is 5. The minimum absolute atomic E-state index is 0.00217. The molecule has 0 bridgehead atoms. The number of benzene rings is 2. The van der Waals surface area contributed by atoms with Crippen LogP contribution in [0.15, 0.2) is 46.2 Å². The molecule has 0 heterocycles. The van der Waals surface area contributed by atoms with Crippen LogP contribution in [-0.4, -0.2) is 41.3 Å². The van der Waals surface area contributed by atoms with Crippen molar-refractivity contribution in [2.24, 2.45) is 0 Å². The van der Waals surface area contributed by atoms with Crippen LogP contribution in [0.3, 0.4) is 0 Å². The Morgan fingerprint density at radius 2 is 1.61 bits per heavy atom. The van der Waals surface area contributed by atoms with Crippen molar-refractivity contribution in [3.63, 3.8) is 0 Å². The molecule has 0 aliphatic heterocycles. The van der Waals surface area contributed by atoms with Gasteiger partial charge in [-0.2, -0.15) is 4.31 Å². The third kappa shape index (κ3) is 4.72.